The molecule has 1 aliphatic heterocycles. The highest BCUT2D eigenvalue weighted by atomic mass is 32.2. The van der Waals surface area contributed by atoms with Crippen LogP contribution >= 0.6 is 0 Å². The first-order valence-corrected chi connectivity index (χ1v) is 11.6. The second-order valence-corrected chi connectivity index (χ2v) is 9.57. The van der Waals surface area contributed by atoms with E-state index in [1.165, 1.54) is 29.6 Å². The molecule has 178 valence electrons. The maximum Gasteiger partial charge on any atom is 0.312 e. The van der Waals surface area contributed by atoms with Gasteiger partial charge in [-0.2, -0.15) is 4.31 Å². The topological polar surface area (TPSA) is 122 Å². The summed E-state index contributed by atoms with van der Waals surface area (Å²) in [5.74, 6) is -0.609. The first kappa shape index (κ1) is 24.6. The van der Waals surface area contributed by atoms with Crippen LogP contribution in [0.3, 0.4) is 0 Å². The molecule has 0 unspecified atom stereocenters. The molecule has 3 rings (SSSR count). The van der Waals surface area contributed by atoms with E-state index in [4.69, 9.17) is 4.74 Å². The maximum absolute atomic E-state index is 13.6. The van der Waals surface area contributed by atoms with E-state index in [2.05, 4.69) is 5.32 Å². The van der Waals surface area contributed by atoms with Crippen molar-refractivity contribution in [2.24, 2.45) is 0 Å². The number of aryl methyl sites for hydroxylation is 1. The van der Waals surface area contributed by atoms with Crippen LogP contribution in [0, 0.1) is 22.9 Å². The number of amides is 1. The average Bonchev–Trinajstić information content (AvgIpc) is 2.79. The quantitative estimate of drug-likeness (QED) is 0.451. The minimum Gasteiger partial charge on any atom is -0.490 e. The fourth-order valence-electron chi connectivity index (χ4n) is 3.46. The Kier molecular flexibility index (Phi) is 7.61. The Labute approximate surface area is 191 Å². The lowest BCUT2D eigenvalue weighted by atomic mass is 10.1. The molecule has 1 N–H and O–H groups in total. The van der Waals surface area contributed by atoms with Crippen LogP contribution in [0.1, 0.15) is 11.1 Å². The van der Waals surface area contributed by atoms with E-state index in [1.54, 1.807) is 19.1 Å². The number of piperazine rings is 1. The predicted octanol–water partition coefficient (Wildman–Crippen LogP) is 1.67. The third kappa shape index (κ3) is 5.83. The maximum atomic E-state index is 13.6. The summed E-state index contributed by atoms with van der Waals surface area (Å²) in [6, 6.07) is 8.28. The van der Waals surface area contributed by atoms with Gasteiger partial charge in [0, 0.05) is 38.8 Å². The predicted molar refractivity (Wildman–Crippen MR) is 118 cm³/mol. The summed E-state index contributed by atoms with van der Waals surface area (Å²) in [5, 5.41) is 13.9. The zero-order valence-corrected chi connectivity index (χ0v) is 19.1. The van der Waals surface area contributed by atoms with Crippen LogP contribution in [-0.2, 0) is 21.4 Å². The van der Waals surface area contributed by atoms with Crippen molar-refractivity contribution in [3.63, 3.8) is 0 Å². The number of nitro benzene ring substituents is 1. The molecule has 2 aromatic rings. The van der Waals surface area contributed by atoms with Gasteiger partial charge in [0.2, 0.25) is 15.9 Å². The van der Waals surface area contributed by atoms with Crippen LogP contribution in [0.5, 0.6) is 5.75 Å². The summed E-state index contributed by atoms with van der Waals surface area (Å²) in [6.07, 6.45) is 0. The number of rotatable bonds is 8. The number of ether oxygens (including phenoxy) is 1. The number of nitro groups is 1. The Hall–Kier alpha value is -3.09. The van der Waals surface area contributed by atoms with Gasteiger partial charge in [-0.3, -0.25) is 19.8 Å². The molecule has 1 amide bonds. The summed E-state index contributed by atoms with van der Waals surface area (Å²) >= 11 is 0. The summed E-state index contributed by atoms with van der Waals surface area (Å²) < 4.78 is 45.6. The number of halogens is 1. The van der Waals surface area contributed by atoms with Gasteiger partial charge in [0.15, 0.2) is 5.75 Å². The average molecular weight is 481 g/mol. The van der Waals surface area contributed by atoms with Gasteiger partial charge >= 0.3 is 5.69 Å². The Morgan fingerprint density at radius 2 is 1.88 bits per heavy atom. The standard InChI is InChI=1S/C21H25FN4O6S/c1-15-3-4-16(11-18(15)22)13-23-21(27)14-24-7-9-25(10-8-24)33(30,31)17-5-6-20(32-2)19(12-17)26(28)29/h3-6,11-12H,7-10,13-14H2,1-2H3,(H,23,27). The first-order valence-electron chi connectivity index (χ1n) is 10.2. The number of sulfonamides is 1. The number of hydrogen-bond donors (Lipinski definition) is 1. The lowest BCUT2D eigenvalue weighted by molar-refractivity contribution is -0.386. The lowest BCUT2D eigenvalue weighted by Gasteiger charge is -2.33. The van der Waals surface area contributed by atoms with Gasteiger partial charge in [0.1, 0.15) is 5.82 Å². The number of benzene rings is 2. The number of methoxy groups -OCH3 is 1. The number of hydrogen-bond acceptors (Lipinski definition) is 7. The molecule has 0 aliphatic carbocycles. The van der Waals surface area contributed by atoms with Gasteiger partial charge in [-0.1, -0.05) is 12.1 Å². The molecule has 2 aromatic carbocycles. The van der Waals surface area contributed by atoms with E-state index in [0.717, 1.165) is 6.07 Å². The van der Waals surface area contributed by atoms with Gasteiger partial charge < -0.3 is 10.1 Å². The molecule has 0 radical (unpaired) electrons. The molecule has 0 spiro atoms. The smallest absolute Gasteiger partial charge is 0.312 e. The van der Waals surface area contributed by atoms with Gasteiger partial charge in [0.05, 0.1) is 23.5 Å². The Morgan fingerprint density at radius 1 is 1.18 bits per heavy atom. The first-order chi connectivity index (χ1) is 15.6. The van der Waals surface area contributed by atoms with Crippen molar-refractivity contribution in [2.75, 3.05) is 39.8 Å². The molecule has 0 atom stereocenters. The summed E-state index contributed by atoms with van der Waals surface area (Å²) in [6.45, 7) is 2.86. The Balaban J connectivity index is 1.55. The Morgan fingerprint density at radius 3 is 2.48 bits per heavy atom. The molecular formula is C21H25FN4O6S. The number of carbonyl (C=O) groups excluding carboxylic acids is 1. The largest absolute Gasteiger partial charge is 0.490 e. The third-order valence-corrected chi connectivity index (χ3v) is 7.30. The van der Waals surface area contributed by atoms with E-state index in [1.807, 2.05) is 4.90 Å². The zero-order chi connectivity index (χ0) is 24.2. The SMILES string of the molecule is COc1ccc(S(=O)(=O)N2CCN(CC(=O)NCc3ccc(C)c(F)c3)CC2)cc1[N+](=O)[O-]. The highest BCUT2D eigenvalue weighted by Gasteiger charge is 2.31. The zero-order valence-electron chi connectivity index (χ0n) is 18.3. The van der Waals surface area contributed by atoms with Crippen LogP contribution < -0.4 is 10.1 Å². The minimum absolute atomic E-state index is 0.0249. The molecule has 1 saturated heterocycles. The van der Waals surface area contributed by atoms with Crippen LogP contribution in [0.25, 0.3) is 0 Å². The molecule has 1 aliphatic rings. The second kappa shape index (κ2) is 10.2. The van der Waals surface area contributed by atoms with Crippen molar-refractivity contribution in [3.05, 3.63) is 63.5 Å². The molecule has 0 saturated carbocycles. The number of nitrogens with one attached hydrogen (secondary N) is 1. The van der Waals surface area contributed by atoms with Crippen LogP contribution in [0.4, 0.5) is 10.1 Å². The third-order valence-electron chi connectivity index (χ3n) is 5.41. The van der Waals surface area contributed by atoms with Crippen molar-refractivity contribution in [3.8, 4) is 5.75 Å². The summed E-state index contributed by atoms with van der Waals surface area (Å²) in [4.78, 5) is 24.4. The number of nitrogens with zero attached hydrogens (tertiary/aromatic N) is 3. The molecule has 33 heavy (non-hydrogen) atoms. The van der Waals surface area contributed by atoms with Crippen molar-refractivity contribution in [1.29, 1.82) is 0 Å². The van der Waals surface area contributed by atoms with Crippen LogP contribution in [0.2, 0.25) is 0 Å². The van der Waals surface area contributed by atoms with E-state index in [-0.39, 0.29) is 48.5 Å². The van der Waals surface area contributed by atoms with E-state index in [9.17, 15) is 27.7 Å². The van der Waals surface area contributed by atoms with Gasteiger partial charge in [-0.05, 0) is 36.2 Å². The van der Waals surface area contributed by atoms with E-state index < -0.39 is 20.6 Å². The molecule has 0 bridgehead atoms. The van der Waals surface area contributed by atoms with Gasteiger partial charge in [-0.15, -0.1) is 0 Å². The van der Waals surface area contributed by atoms with Crippen molar-refractivity contribution < 1.29 is 27.3 Å². The summed E-state index contributed by atoms with van der Waals surface area (Å²) in [5.41, 5.74) is 0.750. The molecule has 1 heterocycles. The van der Waals surface area contributed by atoms with Crippen molar-refractivity contribution in [2.45, 2.75) is 18.4 Å². The van der Waals surface area contributed by atoms with Gasteiger partial charge in [0.25, 0.3) is 0 Å². The molecule has 0 aromatic heterocycles. The highest BCUT2D eigenvalue weighted by molar-refractivity contribution is 7.89. The van der Waals surface area contributed by atoms with E-state index >= 15 is 0 Å². The van der Waals surface area contributed by atoms with Crippen LogP contribution in [-0.4, -0.2) is 68.3 Å². The van der Waals surface area contributed by atoms with Crippen LogP contribution in [0.15, 0.2) is 41.3 Å². The molecule has 10 nitrogen and oxygen atoms in total. The molecular weight excluding hydrogens is 455 g/mol. The highest BCUT2D eigenvalue weighted by Crippen LogP contribution is 2.30. The second-order valence-electron chi connectivity index (χ2n) is 7.63. The number of carbonyl (C=O) groups is 1. The summed E-state index contributed by atoms with van der Waals surface area (Å²) in [7, 11) is -2.67. The lowest BCUT2D eigenvalue weighted by Crippen LogP contribution is -2.50. The van der Waals surface area contributed by atoms with Gasteiger partial charge in [-0.25, -0.2) is 12.8 Å². The fraction of sp³-hybridized carbons (Fsp3) is 0.381. The monoisotopic (exact) mass is 480 g/mol. The molecule has 1 fully saturated rings. The fourth-order valence-corrected chi connectivity index (χ4v) is 4.90. The Bertz CT molecular complexity index is 1150. The van der Waals surface area contributed by atoms with Crippen molar-refractivity contribution in [1.82, 2.24) is 14.5 Å². The normalized spacial score (nSPS) is 15.2. The molecule has 12 heteroatoms. The minimum atomic E-state index is -3.94. The van der Waals surface area contributed by atoms with Crippen molar-refractivity contribution >= 4 is 21.6 Å². The van der Waals surface area contributed by atoms with E-state index in [0.29, 0.717) is 24.2 Å².